The smallest absolute Gasteiger partial charge is 0.159 e. The van der Waals surface area contributed by atoms with E-state index in [1.807, 2.05) is 6.92 Å². The average Bonchev–Trinajstić information content (AvgIpc) is 2.48. The Balaban J connectivity index is 2.17. The Bertz CT molecular complexity index is 511. The van der Waals surface area contributed by atoms with Gasteiger partial charge in [-0.05, 0) is 12.0 Å². The van der Waals surface area contributed by atoms with Crippen molar-refractivity contribution in [3.8, 4) is 11.4 Å². The molecule has 2 aromatic rings. The van der Waals surface area contributed by atoms with Crippen LogP contribution < -0.4 is 0 Å². The van der Waals surface area contributed by atoms with Crippen LogP contribution in [-0.2, 0) is 6.67 Å². The maximum absolute atomic E-state index is 12.4. The normalized spacial score (nSPS) is 12.4. The molecule has 0 saturated carbocycles. The first kappa shape index (κ1) is 13.6. The summed E-state index contributed by atoms with van der Waals surface area (Å²) in [5, 5.41) is 9.83. The van der Waals surface area contributed by atoms with Crippen LogP contribution in [0.4, 0.5) is 4.39 Å². The maximum Gasteiger partial charge on any atom is 0.159 e. The van der Waals surface area contributed by atoms with Crippen LogP contribution in [0.2, 0.25) is 0 Å². The Morgan fingerprint density at radius 1 is 1.16 bits per heavy atom. The molecule has 1 aromatic heterocycles. The summed E-state index contributed by atoms with van der Waals surface area (Å²) in [6.07, 6.45) is 4.40. The first-order valence-electron chi connectivity index (χ1n) is 6.40. The Kier molecular flexibility index (Phi) is 4.58. The molecule has 0 aliphatic carbocycles. The highest BCUT2D eigenvalue weighted by Gasteiger charge is 2.08. The number of aromatic nitrogens is 2. The summed E-state index contributed by atoms with van der Waals surface area (Å²) in [5.41, 5.74) is 2.21. The lowest BCUT2D eigenvalue weighted by molar-refractivity contribution is 0.165. The third kappa shape index (κ3) is 3.35. The predicted molar refractivity (Wildman–Crippen MR) is 72.1 cm³/mol. The Morgan fingerprint density at radius 2 is 1.79 bits per heavy atom. The van der Waals surface area contributed by atoms with Crippen molar-refractivity contribution in [2.45, 2.75) is 32.5 Å². The van der Waals surface area contributed by atoms with Crippen molar-refractivity contribution in [3.63, 3.8) is 0 Å². The summed E-state index contributed by atoms with van der Waals surface area (Å²) in [6.45, 7) is 1.55. The van der Waals surface area contributed by atoms with E-state index in [0.29, 0.717) is 17.8 Å². The van der Waals surface area contributed by atoms with Crippen molar-refractivity contribution in [1.29, 1.82) is 0 Å². The van der Waals surface area contributed by atoms with Gasteiger partial charge in [0.05, 0.1) is 6.10 Å². The Morgan fingerprint density at radius 3 is 2.32 bits per heavy atom. The molecule has 1 aromatic carbocycles. The van der Waals surface area contributed by atoms with Crippen molar-refractivity contribution < 1.29 is 9.50 Å². The highest BCUT2D eigenvalue weighted by atomic mass is 19.1. The van der Waals surface area contributed by atoms with Gasteiger partial charge >= 0.3 is 0 Å². The quantitative estimate of drug-likeness (QED) is 0.895. The molecule has 100 valence electrons. The van der Waals surface area contributed by atoms with E-state index >= 15 is 0 Å². The summed E-state index contributed by atoms with van der Waals surface area (Å²) >= 11 is 0. The zero-order valence-electron chi connectivity index (χ0n) is 10.9. The van der Waals surface area contributed by atoms with Gasteiger partial charge < -0.3 is 5.11 Å². The van der Waals surface area contributed by atoms with Gasteiger partial charge in [-0.3, -0.25) is 0 Å². The fourth-order valence-corrected chi connectivity index (χ4v) is 1.84. The van der Waals surface area contributed by atoms with Gasteiger partial charge in [0.15, 0.2) is 5.82 Å². The van der Waals surface area contributed by atoms with Crippen LogP contribution in [0.5, 0.6) is 0 Å². The fourth-order valence-electron chi connectivity index (χ4n) is 1.84. The van der Waals surface area contributed by atoms with Gasteiger partial charge in [0.1, 0.15) is 6.67 Å². The van der Waals surface area contributed by atoms with Gasteiger partial charge in [-0.1, -0.05) is 37.6 Å². The second-order valence-electron chi connectivity index (χ2n) is 4.48. The van der Waals surface area contributed by atoms with E-state index in [4.69, 9.17) is 0 Å². The summed E-state index contributed by atoms with van der Waals surface area (Å²) in [5.74, 6) is 0.581. The summed E-state index contributed by atoms with van der Waals surface area (Å²) < 4.78 is 12.4. The van der Waals surface area contributed by atoms with Crippen molar-refractivity contribution in [2.75, 3.05) is 0 Å². The Hall–Kier alpha value is -1.81. The highest BCUT2D eigenvalue weighted by molar-refractivity contribution is 5.55. The molecular weight excluding hydrogens is 243 g/mol. The van der Waals surface area contributed by atoms with Crippen molar-refractivity contribution in [3.05, 3.63) is 47.8 Å². The van der Waals surface area contributed by atoms with E-state index in [2.05, 4.69) is 9.97 Å². The number of aliphatic hydroxyl groups is 1. The maximum atomic E-state index is 12.4. The molecule has 3 nitrogen and oxygen atoms in total. The SMILES string of the molecule is CCCC(O)c1cnc(-c2ccc(CF)cc2)nc1. The summed E-state index contributed by atoms with van der Waals surface area (Å²) in [6, 6.07) is 7.04. The lowest BCUT2D eigenvalue weighted by atomic mass is 10.1. The van der Waals surface area contributed by atoms with E-state index in [1.54, 1.807) is 36.7 Å². The number of rotatable bonds is 5. The van der Waals surface area contributed by atoms with Gasteiger partial charge in [-0.15, -0.1) is 0 Å². The topological polar surface area (TPSA) is 46.0 Å². The van der Waals surface area contributed by atoms with E-state index in [-0.39, 0.29) is 0 Å². The largest absolute Gasteiger partial charge is 0.388 e. The minimum absolute atomic E-state index is 0.469. The van der Waals surface area contributed by atoms with Gasteiger partial charge in [0, 0.05) is 23.5 Å². The molecule has 1 heterocycles. The predicted octanol–water partition coefficient (Wildman–Crippen LogP) is 3.45. The van der Waals surface area contributed by atoms with E-state index in [0.717, 1.165) is 17.5 Å². The first-order chi connectivity index (χ1) is 9.24. The number of hydrogen-bond acceptors (Lipinski definition) is 3. The molecule has 0 radical (unpaired) electrons. The molecule has 0 aliphatic heterocycles. The monoisotopic (exact) mass is 260 g/mol. The van der Waals surface area contributed by atoms with Crippen molar-refractivity contribution >= 4 is 0 Å². The standard InChI is InChI=1S/C15H17FN2O/c1-2-3-14(19)13-9-17-15(18-10-13)12-6-4-11(8-16)5-7-12/h4-7,9-10,14,19H,2-3,8H2,1H3. The highest BCUT2D eigenvalue weighted by Crippen LogP contribution is 2.20. The van der Waals surface area contributed by atoms with Crippen molar-refractivity contribution in [2.24, 2.45) is 0 Å². The van der Waals surface area contributed by atoms with Crippen LogP contribution in [0.15, 0.2) is 36.7 Å². The number of halogens is 1. The molecule has 1 unspecified atom stereocenters. The number of benzene rings is 1. The van der Waals surface area contributed by atoms with Crippen LogP contribution in [-0.4, -0.2) is 15.1 Å². The molecule has 0 amide bonds. The molecule has 1 N–H and O–H groups in total. The minimum atomic E-state index is -0.507. The molecule has 0 bridgehead atoms. The fraction of sp³-hybridized carbons (Fsp3) is 0.333. The molecule has 4 heteroatoms. The van der Waals surface area contributed by atoms with Gasteiger partial charge in [-0.2, -0.15) is 0 Å². The second kappa shape index (κ2) is 6.38. The second-order valence-corrected chi connectivity index (χ2v) is 4.48. The number of hydrogen-bond donors (Lipinski definition) is 1. The third-order valence-corrected chi connectivity index (χ3v) is 2.99. The molecule has 0 fully saturated rings. The minimum Gasteiger partial charge on any atom is -0.388 e. The van der Waals surface area contributed by atoms with Crippen LogP contribution in [0.25, 0.3) is 11.4 Å². The Labute approximate surface area is 112 Å². The van der Waals surface area contributed by atoms with Crippen LogP contribution in [0, 0.1) is 0 Å². The lowest BCUT2D eigenvalue weighted by Gasteiger charge is -2.09. The van der Waals surface area contributed by atoms with Crippen LogP contribution >= 0.6 is 0 Å². The summed E-state index contributed by atoms with van der Waals surface area (Å²) in [7, 11) is 0. The molecule has 0 aliphatic rings. The molecular formula is C15H17FN2O. The van der Waals surface area contributed by atoms with Crippen molar-refractivity contribution in [1.82, 2.24) is 9.97 Å². The molecule has 2 rings (SSSR count). The summed E-state index contributed by atoms with van der Waals surface area (Å²) in [4.78, 5) is 8.49. The first-order valence-corrected chi connectivity index (χ1v) is 6.40. The lowest BCUT2D eigenvalue weighted by Crippen LogP contribution is -1.99. The zero-order valence-corrected chi connectivity index (χ0v) is 10.9. The molecule has 1 atom stereocenters. The third-order valence-electron chi connectivity index (χ3n) is 2.99. The zero-order chi connectivity index (χ0) is 13.7. The number of nitrogens with zero attached hydrogens (tertiary/aromatic N) is 2. The van der Waals surface area contributed by atoms with Crippen LogP contribution in [0.3, 0.4) is 0 Å². The van der Waals surface area contributed by atoms with Crippen LogP contribution in [0.1, 0.15) is 37.0 Å². The number of aliphatic hydroxyl groups excluding tert-OH is 1. The van der Waals surface area contributed by atoms with Gasteiger partial charge in [0.2, 0.25) is 0 Å². The van der Waals surface area contributed by atoms with E-state index in [1.165, 1.54) is 0 Å². The average molecular weight is 260 g/mol. The van der Waals surface area contributed by atoms with E-state index in [9.17, 15) is 9.50 Å². The van der Waals surface area contributed by atoms with E-state index < -0.39 is 12.8 Å². The number of alkyl halides is 1. The van der Waals surface area contributed by atoms with Gasteiger partial charge in [0.25, 0.3) is 0 Å². The molecule has 0 saturated heterocycles. The molecule has 0 spiro atoms. The molecule has 19 heavy (non-hydrogen) atoms. The van der Waals surface area contributed by atoms with Gasteiger partial charge in [-0.25, -0.2) is 14.4 Å².